The Hall–Kier alpha value is -0.870. The van der Waals surface area contributed by atoms with Gasteiger partial charge in [-0.15, -0.1) is 11.3 Å². The maximum Gasteiger partial charge on any atom is 0.249 e. The van der Waals surface area contributed by atoms with Crippen LogP contribution in [0.2, 0.25) is 0 Å². The first kappa shape index (κ1) is 10.6. The van der Waals surface area contributed by atoms with Crippen LogP contribution in [0.4, 0.5) is 0 Å². The average molecular weight is 224 g/mol. The summed E-state index contributed by atoms with van der Waals surface area (Å²) >= 11 is 1.59. The number of hydrogen-bond donors (Lipinski definition) is 2. The fourth-order valence-corrected chi connectivity index (χ4v) is 2.54. The van der Waals surface area contributed by atoms with E-state index in [0.29, 0.717) is 5.56 Å². The molecule has 0 unspecified atom stereocenters. The van der Waals surface area contributed by atoms with Crippen LogP contribution in [0, 0.1) is 5.92 Å². The van der Waals surface area contributed by atoms with Gasteiger partial charge in [-0.25, -0.2) is 0 Å². The van der Waals surface area contributed by atoms with Crippen molar-refractivity contribution in [1.82, 2.24) is 5.32 Å². The first-order valence-corrected chi connectivity index (χ1v) is 6.21. The molecule has 0 radical (unpaired) electrons. The molecule has 0 spiro atoms. The number of nitrogens with one attached hydrogen (secondary N) is 1. The predicted molar refractivity (Wildman–Crippen MR) is 61.9 cm³/mol. The van der Waals surface area contributed by atoms with E-state index >= 15 is 0 Å². The maximum atomic E-state index is 10.9. The van der Waals surface area contributed by atoms with Crippen LogP contribution < -0.4 is 11.1 Å². The second-order valence-electron chi connectivity index (χ2n) is 4.09. The van der Waals surface area contributed by atoms with Crippen molar-refractivity contribution in [2.24, 2.45) is 11.7 Å². The van der Waals surface area contributed by atoms with Crippen LogP contribution in [-0.2, 0) is 6.54 Å². The van der Waals surface area contributed by atoms with Crippen molar-refractivity contribution >= 4 is 17.2 Å². The van der Waals surface area contributed by atoms with Gasteiger partial charge in [-0.2, -0.15) is 0 Å². The summed E-state index contributed by atoms with van der Waals surface area (Å²) in [5.41, 5.74) is 5.81. The van der Waals surface area contributed by atoms with Gasteiger partial charge >= 0.3 is 0 Å². The van der Waals surface area contributed by atoms with Crippen LogP contribution >= 0.6 is 11.3 Å². The molecule has 1 saturated carbocycles. The van der Waals surface area contributed by atoms with E-state index in [4.69, 9.17) is 5.73 Å². The van der Waals surface area contributed by atoms with Crippen LogP contribution in [0.1, 0.15) is 34.5 Å². The van der Waals surface area contributed by atoms with E-state index in [1.165, 1.54) is 24.1 Å². The minimum absolute atomic E-state index is 0.337. The number of carbonyl (C=O) groups is 1. The molecule has 0 bridgehead atoms. The van der Waals surface area contributed by atoms with Gasteiger partial charge in [0.05, 0.1) is 5.56 Å². The molecule has 1 aliphatic carbocycles. The average Bonchev–Trinajstić information content (AvgIpc) is 2.57. The van der Waals surface area contributed by atoms with Crippen LogP contribution in [0.3, 0.4) is 0 Å². The van der Waals surface area contributed by atoms with Crippen molar-refractivity contribution in [3.05, 3.63) is 21.9 Å². The number of nitrogens with two attached hydrogens (primary N) is 1. The summed E-state index contributed by atoms with van der Waals surface area (Å²) in [5, 5.41) is 5.24. The number of thiophene rings is 1. The fraction of sp³-hybridized carbons (Fsp3) is 0.545. The Bertz CT molecular complexity index is 344. The highest BCUT2D eigenvalue weighted by molar-refractivity contribution is 7.10. The van der Waals surface area contributed by atoms with Crippen molar-refractivity contribution in [2.75, 3.05) is 6.54 Å². The molecule has 3 N–H and O–H groups in total. The van der Waals surface area contributed by atoms with E-state index in [0.717, 1.165) is 19.0 Å². The lowest BCUT2D eigenvalue weighted by Gasteiger charge is -2.25. The van der Waals surface area contributed by atoms with E-state index < -0.39 is 0 Å². The Kier molecular flexibility index (Phi) is 3.38. The SMILES string of the molecule is NC(=O)c1csc(CNCC2CCC2)c1. The standard InChI is InChI=1S/C11H16N2OS/c12-11(14)9-4-10(15-7-9)6-13-5-8-2-1-3-8/h4,7-8,13H,1-3,5-6H2,(H2,12,14). The number of amides is 1. The number of rotatable bonds is 5. The van der Waals surface area contributed by atoms with Crippen molar-refractivity contribution in [3.63, 3.8) is 0 Å². The Balaban J connectivity index is 1.75. The van der Waals surface area contributed by atoms with Crippen LogP contribution in [0.15, 0.2) is 11.4 Å². The molecule has 1 heterocycles. The molecule has 4 heteroatoms. The quantitative estimate of drug-likeness (QED) is 0.800. The Labute approximate surface area is 93.7 Å². The third-order valence-electron chi connectivity index (χ3n) is 2.90. The summed E-state index contributed by atoms with van der Waals surface area (Å²) in [6, 6.07) is 1.88. The summed E-state index contributed by atoms with van der Waals surface area (Å²) in [6.07, 6.45) is 4.12. The van der Waals surface area contributed by atoms with E-state index in [-0.39, 0.29) is 5.91 Å². The van der Waals surface area contributed by atoms with Gasteiger partial charge < -0.3 is 11.1 Å². The number of hydrogen-bond acceptors (Lipinski definition) is 3. The Morgan fingerprint density at radius 2 is 2.40 bits per heavy atom. The van der Waals surface area contributed by atoms with E-state index in [2.05, 4.69) is 5.32 Å². The molecule has 2 rings (SSSR count). The lowest BCUT2D eigenvalue weighted by molar-refractivity contribution is 0.100. The summed E-state index contributed by atoms with van der Waals surface area (Å²) in [5.74, 6) is 0.539. The van der Waals surface area contributed by atoms with Gasteiger partial charge in [0.25, 0.3) is 0 Å². The summed E-state index contributed by atoms with van der Waals surface area (Å²) in [7, 11) is 0. The van der Waals surface area contributed by atoms with Crippen LogP contribution in [-0.4, -0.2) is 12.5 Å². The molecule has 1 aliphatic rings. The molecule has 82 valence electrons. The van der Waals surface area contributed by atoms with E-state index in [1.807, 2.05) is 11.4 Å². The molecule has 0 atom stereocenters. The van der Waals surface area contributed by atoms with Crippen molar-refractivity contribution < 1.29 is 4.79 Å². The van der Waals surface area contributed by atoms with Crippen molar-refractivity contribution in [2.45, 2.75) is 25.8 Å². The molecule has 1 aromatic heterocycles. The van der Waals surface area contributed by atoms with E-state index in [1.54, 1.807) is 11.3 Å². The first-order valence-electron chi connectivity index (χ1n) is 5.33. The zero-order valence-corrected chi connectivity index (χ0v) is 9.48. The zero-order chi connectivity index (χ0) is 10.7. The molecule has 3 nitrogen and oxygen atoms in total. The summed E-state index contributed by atoms with van der Waals surface area (Å²) < 4.78 is 0. The Morgan fingerprint density at radius 3 is 2.93 bits per heavy atom. The molecule has 0 aliphatic heterocycles. The number of carbonyl (C=O) groups excluding carboxylic acids is 1. The van der Waals surface area contributed by atoms with Crippen LogP contribution in [0.25, 0.3) is 0 Å². The third kappa shape index (κ3) is 2.79. The van der Waals surface area contributed by atoms with Crippen LogP contribution in [0.5, 0.6) is 0 Å². The lowest BCUT2D eigenvalue weighted by Crippen LogP contribution is -2.26. The zero-order valence-electron chi connectivity index (χ0n) is 8.66. The van der Waals surface area contributed by atoms with E-state index in [9.17, 15) is 4.79 Å². The van der Waals surface area contributed by atoms with Gasteiger partial charge in [0.15, 0.2) is 0 Å². The van der Waals surface area contributed by atoms with Gasteiger partial charge in [-0.05, 0) is 31.4 Å². The molecular weight excluding hydrogens is 208 g/mol. The Morgan fingerprint density at radius 1 is 1.60 bits per heavy atom. The minimum Gasteiger partial charge on any atom is -0.366 e. The fourth-order valence-electron chi connectivity index (χ4n) is 1.70. The van der Waals surface area contributed by atoms with Gasteiger partial charge in [-0.3, -0.25) is 4.79 Å². The molecule has 0 saturated heterocycles. The molecule has 1 fully saturated rings. The molecule has 1 amide bonds. The largest absolute Gasteiger partial charge is 0.366 e. The van der Waals surface area contributed by atoms with Gasteiger partial charge in [0.1, 0.15) is 0 Å². The normalized spacial score (nSPS) is 16.3. The highest BCUT2D eigenvalue weighted by atomic mass is 32.1. The molecule has 0 aromatic carbocycles. The van der Waals surface area contributed by atoms with Crippen molar-refractivity contribution in [1.29, 1.82) is 0 Å². The first-order chi connectivity index (χ1) is 7.25. The lowest BCUT2D eigenvalue weighted by atomic mass is 9.85. The van der Waals surface area contributed by atoms with Gasteiger partial charge in [-0.1, -0.05) is 6.42 Å². The second-order valence-corrected chi connectivity index (χ2v) is 5.09. The maximum absolute atomic E-state index is 10.9. The summed E-state index contributed by atoms with van der Waals surface area (Å²) in [4.78, 5) is 12.0. The van der Waals surface area contributed by atoms with Gasteiger partial charge in [0, 0.05) is 16.8 Å². The molecule has 1 aromatic rings. The second kappa shape index (κ2) is 4.77. The third-order valence-corrected chi connectivity index (χ3v) is 3.83. The highest BCUT2D eigenvalue weighted by Gasteiger charge is 2.16. The molecule has 15 heavy (non-hydrogen) atoms. The minimum atomic E-state index is -0.337. The molecular formula is C11H16N2OS. The van der Waals surface area contributed by atoms with Gasteiger partial charge in [0.2, 0.25) is 5.91 Å². The van der Waals surface area contributed by atoms with Crippen molar-refractivity contribution in [3.8, 4) is 0 Å². The monoisotopic (exact) mass is 224 g/mol. The smallest absolute Gasteiger partial charge is 0.249 e. The topological polar surface area (TPSA) is 55.1 Å². The highest BCUT2D eigenvalue weighted by Crippen LogP contribution is 2.25. The summed E-state index contributed by atoms with van der Waals surface area (Å²) in [6.45, 7) is 1.96. The number of primary amides is 1. The predicted octanol–water partition coefficient (Wildman–Crippen LogP) is 1.74.